The van der Waals surface area contributed by atoms with E-state index in [0.717, 1.165) is 27.0 Å². The van der Waals surface area contributed by atoms with E-state index < -0.39 is 0 Å². The Kier molecular flexibility index (Phi) is 5.33. The fourth-order valence-corrected chi connectivity index (χ4v) is 3.37. The first-order chi connectivity index (χ1) is 11.6. The van der Waals surface area contributed by atoms with Gasteiger partial charge in [-0.25, -0.2) is 4.98 Å². The van der Waals surface area contributed by atoms with Crippen molar-refractivity contribution in [1.29, 1.82) is 0 Å². The Morgan fingerprint density at radius 2 is 2.12 bits per heavy atom. The minimum absolute atomic E-state index is 0.0669. The number of hydrogen-bond donors (Lipinski definition) is 1. The molecule has 0 saturated heterocycles. The van der Waals surface area contributed by atoms with Gasteiger partial charge >= 0.3 is 0 Å². The van der Waals surface area contributed by atoms with Crippen molar-refractivity contribution in [3.05, 3.63) is 69.6 Å². The standard InChI is InChI=1S/C18H17ClN2O2S/c1-12-6-7-14(23-12)8-9-17(22)21-18-20-11-15(24-18)10-13-4-2-3-5-16(13)19/h2-7,11H,8-10H2,1H3,(H,20,21,22). The molecule has 4 nitrogen and oxygen atoms in total. The fourth-order valence-electron chi connectivity index (χ4n) is 2.31. The van der Waals surface area contributed by atoms with Crippen LogP contribution in [0.15, 0.2) is 47.0 Å². The highest BCUT2D eigenvalue weighted by atomic mass is 35.5. The lowest BCUT2D eigenvalue weighted by atomic mass is 10.1. The zero-order valence-corrected chi connectivity index (χ0v) is 14.8. The van der Waals surface area contributed by atoms with Gasteiger partial charge in [-0.1, -0.05) is 29.8 Å². The molecule has 0 unspecified atom stereocenters. The number of nitrogens with zero attached hydrogens (tertiary/aromatic N) is 1. The number of thiazole rings is 1. The quantitative estimate of drug-likeness (QED) is 0.683. The van der Waals surface area contributed by atoms with E-state index in [0.29, 0.717) is 24.4 Å². The van der Waals surface area contributed by atoms with Crippen molar-refractivity contribution in [3.8, 4) is 0 Å². The van der Waals surface area contributed by atoms with Gasteiger partial charge in [0.15, 0.2) is 5.13 Å². The maximum Gasteiger partial charge on any atom is 0.226 e. The van der Waals surface area contributed by atoms with E-state index in [9.17, 15) is 4.79 Å². The summed E-state index contributed by atoms with van der Waals surface area (Å²) >= 11 is 7.64. The third kappa shape index (κ3) is 4.46. The number of carbonyl (C=O) groups is 1. The van der Waals surface area contributed by atoms with Gasteiger partial charge in [-0.3, -0.25) is 4.79 Å². The van der Waals surface area contributed by atoms with Crippen LogP contribution in [0.1, 0.15) is 28.4 Å². The van der Waals surface area contributed by atoms with Crippen molar-refractivity contribution >= 4 is 34.0 Å². The van der Waals surface area contributed by atoms with Crippen LogP contribution in [0.3, 0.4) is 0 Å². The molecule has 0 atom stereocenters. The van der Waals surface area contributed by atoms with Crippen LogP contribution in [0.2, 0.25) is 5.02 Å². The number of rotatable bonds is 6. The summed E-state index contributed by atoms with van der Waals surface area (Å²) in [4.78, 5) is 17.3. The smallest absolute Gasteiger partial charge is 0.226 e. The summed E-state index contributed by atoms with van der Waals surface area (Å²) in [5.41, 5.74) is 1.05. The molecule has 6 heteroatoms. The van der Waals surface area contributed by atoms with Gasteiger partial charge in [0.2, 0.25) is 5.91 Å². The van der Waals surface area contributed by atoms with E-state index >= 15 is 0 Å². The van der Waals surface area contributed by atoms with Gasteiger partial charge in [0.1, 0.15) is 11.5 Å². The molecule has 0 aliphatic rings. The summed E-state index contributed by atoms with van der Waals surface area (Å²) in [5, 5.41) is 4.18. The van der Waals surface area contributed by atoms with E-state index in [2.05, 4.69) is 10.3 Å². The minimum Gasteiger partial charge on any atom is -0.466 e. The van der Waals surface area contributed by atoms with Crippen LogP contribution in [0.4, 0.5) is 5.13 Å². The molecule has 0 fully saturated rings. The van der Waals surface area contributed by atoms with Crippen molar-refractivity contribution in [2.24, 2.45) is 0 Å². The Labute approximate surface area is 149 Å². The zero-order chi connectivity index (χ0) is 16.9. The average Bonchev–Trinajstić information content (AvgIpc) is 3.17. The van der Waals surface area contributed by atoms with Crippen LogP contribution >= 0.6 is 22.9 Å². The van der Waals surface area contributed by atoms with Crippen LogP contribution in [-0.2, 0) is 17.6 Å². The molecule has 3 rings (SSSR count). The first-order valence-corrected chi connectivity index (χ1v) is 8.83. The van der Waals surface area contributed by atoms with Crippen LogP contribution in [-0.4, -0.2) is 10.9 Å². The predicted octanol–water partition coefficient (Wildman–Crippen LogP) is 4.86. The second kappa shape index (κ2) is 7.64. The highest BCUT2D eigenvalue weighted by molar-refractivity contribution is 7.15. The summed E-state index contributed by atoms with van der Waals surface area (Å²) in [7, 11) is 0. The van der Waals surface area contributed by atoms with Gasteiger partial charge in [0.25, 0.3) is 0 Å². The van der Waals surface area contributed by atoms with E-state index in [1.54, 1.807) is 6.20 Å². The number of anilines is 1. The molecule has 1 N–H and O–H groups in total. The second-order valence-electron chi connectivity index (χ2n) is 5.46. The highest BCUT2D eigenvalue weighted by Crippen LogP contribution is 2.24. The van der Waals surface area contributed by atoms with Gasteiger partial charge < -0.3 is 9.73 Å². The lowest BCUT2D eigenvalue weighted by Crippen LogP contribution is -2.11. The molecule has 0 saturated carbocycles. The molecule has 3 aromatic rings. The molecule has 2 aromatic heterocycles. The highest BCUT2D eigenvalue weighted by Gasteiger charge is 2.09. The number of furan rings is 1. The summed E-state index contributed by atoms with van der Waals surface area (Å²) in [6.07, 6.45) is 3.43. The van der Waals surface area contributed by atoms with E-state index in [4.69, 9.17) is 16.0 Å². The monoisotopic (exact) mass is 360 g/mol. The molecule has 0 radical (unpaired) electrons. The number of hydrogen-bond acceptors (Lipinski definition) is 4. The van der Waals surface area contributed by atoms with Crippen LogP contribution in [0, 0.1) is 6.92 Å². The number of halogens is 1. The molecule has 24 heavy (non-hydrogen) atoms. The summed E-state index contributed by atoms with van der Waals surface area (Å²) < 4.78 is 5.46. The summed E-state index contributed by atoms with van der Waals surface area (Å²) in [5.74, 6) is 1.61. The van der Waals surface area contributed by atoms with Crippen LogP contribution < -0.4 is 5.32 Å². The molecule has 0 spiro atoms. The summed E-state index contributed by atoms with van der Waals surface area (Å²) in [6, 6.07) is 11.5. The van der Waals surface area contributed by atoms with E-state index in [-0.39, 0.29) is 5.91 Å². The normalized spacial score (nSPS) is 10.8. The second-order valence-corrected chi connectivity index (χ2v) is 6.98. The van der Waals surface area contributed by atoms with Crippen molar-refractivity contribution in [2.75, 3.05) is 5.32 Å². The van der Waals surface area contributed by atoms with Crippen molar-refractivity contribution < 1.29 is 9.21 Å². The average molecular weight is 361 g/mol. The third-order valence-electron chi connectivity index (χ3n) is 3.52. The minimum atomic E-state index is -0.0669. The molecule has 0 bridgehead atoms. The van der Waals surface area contributed by atoms with Crippen LogP contribution in [0.25, 0.3) is 0 Å². The molecule has 1 aromatic carbocycles. The molecular weight excluding hydrogens is 344 g/mol. The summed E-state index contributed by atoms with van der Waals surface area (Å²) in [6.45, 7) is 1.89. The van der Waals surface area contributed by atoms with Crippen molar-refractivity contribution in [1.82, 2.24) is 4.98 Å². The van der Waals surface area contributed by atoms with Crippen molar-refractivity contribution in [3.63, 3.8) is 0 Å². The van der Waals surface area contributed by atoms with Crippen LogP contribution in [0.5, 0.6) is 0 Å². The number of nitrogens with one attached hydrogen (secondary N) is 1. The molecule has 2 heterocycles. The fraction of sp³-hybridized carbons (Fsp3) is 0.222. The number of aromatic nitrogens is 1. The van der Waals surface area contributed by atoms with Gasteiger partial charge in [-0.2, -0.15) is 0 Å². The van der Waals surface area contributed by atoms with E-state index in [1.807, 2.05) is 43.3 Å². The molecular formula is C18H17ClN2O2S. The zero-order valence-electron chi connectivity index (χ0n) is 13.2. The Morgan fingerprint density at radius 1 is 1.29 bits per heavy atom. The third-order valence-corrected chi connectivity index (χ3v) is 4.80. The first kappa shape index (κ1) is 16.7. The number of benzene rings is 1. The molecule has 0 aliphatic heterocycles. The van der Waals surface area contributed by atoms with Gasteiger partial charge in [0, 0.05) is 35.4 Å². The predicted molar refractivity (Wildman–Crippen MR) is 96.8 cm³/mol. The SMILES string of the molecule is Cc1ccc(CCC(=O)Nc2ncc(Cc3ccccc3Cl)s2)o1. The Balaban J connectivity index is 1.53. The topological polar surface area (TPSA) is 55.1 Å². The Morgan fingerprint density at radius 3 is 2.88 bits per heavy atom. The number of carbonyl (C=O) groups excluding carboxylic acids is 1. The Hall–Kier alpha value is -2.11. The van der Waals surface area contributed by atoms with E-state index in [1.165, 1.54) is 11.3 Å². The lowest BCUT2D eigenvalue weighted by molar-refractivity contribution is -0.116. The molecule has 124 valence electrons. The van der Waals surface area contributed by atoms with Crippen molar-refractivity contribution in [2.45, 2.75) is 26.2 Å². The van der Waals surface area contributed by atoms with Gasteiger partial charge in [-0.05, 0) is 30.7 Å². The molecule has 0 aliphatic carbocycles. The van der Waals surface area contributed by atoms with Gasteiger partial charge in [-0.15, -0.1) is 11.3 Å². The van der Waals surface area contributed by atoms with Gasteiger partial charge in [0.05, 0.1) is 0 Å². The number of aryl methyl sites for hydroxylation is 2. The maximum atomic E-state index is 12.0. The maximum absolute atomic E-state index is 12.0. The Bertz CT molecular complexity index is 841. The lowest BCUT2D eigenvalue weighted by Gasteiger charge is -2.01. The molecule has 1 amide bonds. The number of amides is 1. The largest absolute Gasteiger partial charge is 0.466 e. The first-order valence-electron chi connectivity index (χ1n) is 7.63.